The number of carbonyl (C=O) groups is 1. The quantitative estimate of drug-likeness (QED) is 0.659. The van der Waals surface area contributed by atoms with Crippen molar-refractivity contribution in [2.24, 2.45) is 0 Å². The van der Waals surface area contributed by atoms with Crippen LogP contribution in [0, 0.1) is 0 Å². The van der Waals surface area contributed by atoms with Gasteiger partial charge in [0.2, 0.25) is 0 Å². The number of alkyl halides is 6. The van der Waals surface area contributed by atoms with Gasteiger partial charge in [0.05, 0.1) is 6.54 Å². The molecule has 0 bridgehead atoms. The fraction of sp³-hybridized carbons (Fsp3) is 0.529. The molecule has 1 aromatic heterocycles. The van der Waals surface area contributed by atoms with E-state index in [-0.39, 0.29) is 18.2 Å². The maximum atomic E-state index is 13.2. The lowest BCUT2D eigenvalue weighted by Crippen LogP contribution is -2.51. The van der Waals surface area contributed by atoms with Crippen LogP contribution >= 0.6 is 11.8 Å². The van der Waals surface area contributed by atoms with E-state index >= 15 is 0 Å². The normalized spacial score (nSPS) is 22.7. The van der Waals surface area contributed by atoms with Crippen molar-refractivity contribution in [2.75, 3.05) is 6.54 Å². The molecule has 5 nitrogen and oxygen atoms in total. The van der Waals surface area contributed by atoms with Crippen LogP contribution in [0.1, 0.15) is 37.1 Å². The molecular formula is C17H16F6N4OS. The fourth-order valence-electron chi connectivity index (χ4n) is 3.41. The van der Waals surface area contributed by atoms with Crippen LogP contribution in [-0.4, -0.2) is 43.7 Å². The zero-order valence-electron chi connectivity index (χ0n) is 15.1. The number of allylic oxidation sites excluding steroid dienone is 2. The van der Waals surface area contributed by atoms with Crippen LogP contribution in [0.4, 0.5) is 26.3 Å². The van der Waals surface area contributed by atoms with Crippen molar-refractivity contribution in [1.29, 1.82) is 0 Å². The molecule has 3 aliphatic rings. The van der Waals surface area contributed by atoms with Crippen LogP contribution in [0.3, 0.4) is 0 Å². The number of thioether (sulfide) groups is 1. The molecule has 1 saturated carbocycles. The second kappa shape index (κ2) is 6.71. The molecule has 0 saturated heterocycles. The van der Waals surface area contributed by atoms with E-state index in [0.29, 0.717) is 23.4 Å². The second-order valence-electron chi connectivity index (χ2n) is 7.19. The van der Waals surface area contributed by atoms with Gasteiger partial charge >= 0.3 is 12.4 Å². The summed E-state index contributed by atoms with van der Waals surface area (Å²) in [4.78, 5) is 15.3. The molecule has 1 aromatic rings. The Hall–Kier alpha value is -2.11. The summed E-state index contributed by atoms with van der Waals surface area (Å²) in [5.41, 5.74) is -1.69. The number of hydrogen-bond acceptors (Lipinski definition) is 4. The van der Waals surface area contributed by atoms with Gasteiger partial charge in [-0.05, 0) is 25.8 Å². The van der Waals surface area contributed by atoms with Crippen LogP contribution < -0.4 is 0 Å². The van der Waals surface area contributed by atoms with E-state index in [1.54, 1.807) is 6.92 Å². The molecule has 12 heteroatoms. The molecule has 1 fully saturated rings. The average molecular weight is 438 g/mol. The van der Waals surface area contributed by atoms with Crippen LogP contribution in [0.2, 0.25) is 0 Å². The van der Waals surface area contributed by atoms with Crippen molar-refractivity contribution in [2.45, 2.75) is 50.1 Å². The van der Waals surface area contributed by atoms with E-state index < -0.39 is 36.0 Å². The lowest BCUT2D eigenvalue weighted by molar-refractivity contribution is -0.152. The van der Waals surface area contributed by atoms with Gasteiger partial charge in [-0.25, -0.2) is 0 Å². The lowest BCUT2D eigenvalue weighted by atomic mass is 10.2. The summed E-state index contributed by atoms with van der Waals surface area (Å²) >= 11 is 1.09. The standard InChI is InChI=1S/C17H16F6N4OS/c1-9-6-25-14(28)4-11(26(15(25)29-9)8-16(18,19)20)7-27-12(10-2-3-10)5-13(24-27)17(21,22)23/h4-6,10,15H,2-3,7-8H2,1H3. The van der Waals surface area contributed by atoms with E-state index in [1.807, 2.05) is 0 Å². The van der Waals surface area contributed by atoms with Crippen LogP contribution in [-0.2, 0) is 17.5 Å². The number of amides is 1. The molecule has 158 valence electrons. The van der Waals surface area contributed by atoms with Gasteiger partial charge in [0.25, 0.3) is 5.91 Å². The Balaban J connectivity index is 1.69. The molecule has 1 amide bonds. The maximum absolute atomic E-state index is 13.2. The van der Waals surface area contributed by atoms with Crippen molar-refractivity contribution in [3.8, 4) is 0 Å². The summed E-state index contributed by atoms with van der Waals surface area (Å²) in [5.74, 6) is -0.611. The number of hydrogen-bond donors (Lipinski definition) is 0. The molecule has 1 unspecified atom stereocenters. The SMILES string of the molecule is CC1=CN2C(=O)C=C(Cn3nc(C(F)(F)F)cc3C3CC3)N(CC(F)(F)F)C2S1. The molecule has 0 aromatic carbocycles. The fourth-order valence-corrected chi connectivity index (χ4v) is 4.53. The first-order chi connectivity index (χ1) is 13.4. The van der Waals surface area contributed by atoms with Crippen molar-refractivity contribution in [3.63, 3.8) is 0 Å². The van der Waals surface area contributed by atoms with Crippen LogP contribution in [0.25, 0.3) is 0 Å². The van der Waals surface area contributed by atoms with Gasteiger partial charge in [-0.3, -0.25) is 14.4 Å². The third-order valence-electron chi connectivity index (χ3n) is 4.79. The first-order valence-corrected chi connectivity index (χ1v) is 9.66. The number of rotatable bonds is 4. The zero-order valence-corrected chi connectivity index (χ0v) is 15.9. The van der Waals surface area contributed by atoms with Crippen LogP contribution in [0.15, 0.2) is 28.9 Å². The highest BCUT2D eigenvalue weighted by molar-refractivity contribution is 8.03. The van der Waals surface area contributed by atoms with Gasteiger partial charge in [-0.1, -0.05) is 11.8 Å². The Morgan fingerprint density at radius 3 is 2.48 bits per heavy atom. The Morgan fingerprint density at radius 1 is 1.21 bits per heavy atom. The number of aromatic nitrogens is 2. The Morgan fingerprint density at radius 2 is 1.90 bits per heavy atom. The second-order valence-corrected chi connectivity index (χ2v) is 8.49. The largest absolute Gasteiger partial charge is 0.435 e. The molecule has 29 heavy (non-hydrogen) atoms. The smallest absolute Gasteiger partial charge is 0.334 e. The predicted octanol–water partition coefficient (Wildman–Crippen LogP) is 4.26. The van der Waals surface area contributed by atoms with Gasteiger partial charge in [0, 0.05) is 34.5 Å². The first-order valence-electron chi connectivity index (χ1n) is 8.78. The molecule has 0 spiro atoms. The molecule has 4 rings (SSSR count). The van der Waals surface area contributed by atoms with Crippen molar-refractivity contribution >= 4 is 17.7 Å². The molecular weight excluding hydrogens is 422 g/mol. The zero-order chi connectivity index (χ0) is 21.1. The summed E-state index contributed by atoms with van der Waals surface area (Å²) in [6.45, 7) is 0.0112. The van der Waals surface area contributed by atoms with Gasteiger partial charge in [0.1, 0.15) is 6.54 Å². The minimum Gasteiger partial charge on any atom is -0.334 e. The predicted molar refractivity (Wildman–Crippen MR) is 92.0 cm³/mol. The highest BCUT2D eigenvalue weighted by Gasteiger charge is 2.44. The summed E-state index contributed by atoms with van der Waals surface area (Å²) in [6.07, 6.45) is -5.30. The minimum absolute atomic E-state index is 0.0112. The Kier molecular flexibility index (Phi) is 4.67. The summed E-state index contributed by atoms with van der Waals surface area (Å²) in [5, 5.41) is 3.59. The number of carbonyl (C=O) groups excluding carboxylic acids is 1. The summed E-state index contributed by atoms with van der Waals surface area (Å²) in [6, 6.07) is 0.944. The summed E-state index contributed by atoms with van der Waals surface area (Å²) < 4.78 is 80.0. The van der Waals surface area contributed by atoms with Crippen LogP contribution in [0.5, 0.6) is 0 Å². The summed E-state index contributed by atoms with van der Waals surface area (Å²) in [7, 11) is 0. The lowest BCUT2D eigenvalue weighted by Gasteiger charge is -2.40. The third-order valence-corrected chi connectivity index (χ3v) is 5.96. The van der Waals surface area contributed by atoms with E-state index in [2.05, 4.69) is 5.10 Å². The van der Waals surface area contributed by atoms with E-state index in [0.717, 1.165) is 33.5 Å². The van der Waals surface area contributed by atoms with Crippen molar-refractivity contribution < 1.29 is 31.1 Å². The highest BCUT2D eigenvalue weighted by atomic mass is 32.2. The minimum atomic E-state index is -4.66. The van der Waals surface area contributed by atoms with Crippen molar-refractivity contribution in [1.82, 2.24) is 19.6 Å². The third kappa shape index (κ3) is 4.12. The van der Waals surface area contributed by atoms with Gasteiger partial charge in [-0.2, -0.15) is 31.4 Å². The maximum Gasteiger partial charge on any atom is 0.435 e. The topological polar surface area (TPSA) is 41.4 Å². The monoisotopic (exact) mass is 438 g/mol. The number of fused-ring (bicyclic) bond motifs is 1. The average Bonchev–Trinajstić information content (AvgIpc) is 3.19. The molecule has 0 radical (unpaired) electrons. The number of nitrogens with zero attached hydrogens (tertiary/aromatic N) is 4. The van der Waals surface area contributed by atoms with Gasteiger partial charge in [-0.15, -0.1) is 0 Å². The molecule has 1 atom stereocenters. The first kappa shape index (κ1) is 20.2. The molecule has 0 N–H and O–H groups in total. The van der Waals surface area contributed by atoms with Gasteiger partial charge < -0.3 is 4.90 Å². The van der Waals surface area contributed by atoms with Crippen molar-refractivity contribution in [3.05, 3.63) is 40.3 Å². The van der Waals surface area contributed by atoms with E-state index in [9.17, 15) is 31.1 Å². The Labute approximate surface area is 166 Å². The molecule has 3 heterocycles. The molecule has 1 aliphatic carbocycles. The molecule has 2 aliphatic heterocycles. The number of halogens is 6. The Bertz CT molecular complexity index is 899. The highest BCUT2D eigenvalue weighted by Crippen LogP contribution is 2.44. The van der Waals surface area contributed by atoms with E-state index in [1.165, 1.54) is 11.1 Å². The van der Waals surface area contributed by atoms with E-state index in [4.69, 9.17) is 0 Å². The van der Waals surface area contributed by atoms with Gasteiger partial charge in [0.15, 0.2) is 11.2 Å².